The molecule has 1 atom stereocenters. The number of hydrogen-bond acceptors (Lipinski definition) is 4. The molecule has 0 aromatic heterocycles. The van der Waals surface area contributed by atoms with Gasteiger partial charge in [0.1, 0.15) is 11.5 Å². The molecule has 19 heavy (non-hydrogen) atoms. The van der Waals surface area contributed by atoms with E-state index in [1.807, 2.05) is 6.92 Å². The SMILES string of the molecule is COc1ccc(C(C)NCC(C)(C)C(N)=O)c(O)c1. The summed E-state index contributed by atoms with van der Waals surface area (Å²) in [5.41, 5.74) is 5.44. The van der Waals surface area contributed by atoms with Crippen LogP contribution < -0.4 is 15.8 Å². The number of amides is 1. The Balaban J connectivity index is 2.74. The van der Waals surface area contributed by atoms with E-state index in [1.165, 1.54) is 0 Å². The number of carbonyl (C=O) groups excluding carboxylic acids is 1. The first-order valence-electron chi connectivity index (χ1n) is 6.18. The third-order valence-electron chi connectivity index (χ3n) is 3.22. The Labute approximate surface area is 113 Å². The summed E-state index contributed by atoms with van der Waals surface area (Å²) in [6.07, 6.45) is 0. The van der Waals surface area contributed by atoms with Gasteiger partial charge in [-0.1, -0.05) is 6.07 Å². The van der Waals surface area contributed by atoms with Gasteiger partial charge in [-0.3, -0.25) is 4.79 Å². The molecule has 106 valence electrons. The van der Waals surface area contributed by atoms with Crippen molar-refractivity contribution in [3.05, 3.63) is 23.8 Å². The van der Waals surface area contributed by atoms with Crippen LogP contribution in [0.4, 0.5) is 0 Å². The van der Waals surface area contributed by atoms with Gasteiger partial charge in [0.2, 0.25) is 5.91 Å². The number of benzene rings is 1. The molecule has 0 radical (unpaired) electrons. The number of phenolic OH excluding ortho intramolecular Hbond substituents is 1. The summed E-state index contributed by atoms with van der Waals surface area (Å²) >= 11 is 0. The number of nitrogens with two attached hydrogens (primary N) is 1. The molecule has 0 saturated heterocycles. The first-order valence-corrected chi connectivity index (χ1v) is 6.18. The van der Waals surface area contributed by atoms with E-state index in [4.69, 9.17) is 10.5 Å². The molecule has 0 heterocycles. The summed E-state index contributed by atoms with van der Waals surface area (Å²) < 4.78 is 5.03. The topological polar surface area (TPSA) is 84.6 Å². The minimum absolute atomic E-state index is 0.0930. The Bertz CT molecular complexity index is 458. The van der Waals surface area contributed by atoms with Crippen molar-refractivity contribution in [2.75, 3.05) is 13.7 Å². The van der Waals surface area contributed by atoms with Crippen LogP contribution in [0.5, 0.6) is 11.5 Å². The Morgan fingerprint density at radius 1 is 1.53 bits per heavy atom. The van der Waals surface area contributed by atoms with Gasteiger partial charge in [0, 0.05) is 24.2 Å². The lowest BCUT2D eigenvalue weighted by Gasteiger charge is -2.24. The molecule has 1 aromatic carbocycles. The Hall–Kier alpha value is -1.75. The average molecular weight is 266 g/mol. The quantitative estimate of drug-likeness (QED) is 0.729. The first-order chi connectivity index (χ1) is 8.77. The molecule has 4 N–H and O–H groups in total. The summed E-state index contributed by atoms with van der Waals surface area (Å²) in [5, 5.41) is 13.1. The van der Waals surface area contributed by atoms with E-state index in [1.54, 1.807) is 39.2 Å². The second kappa shape index (κ2) is 5.93. The van der Waals surface area contributed by atoms with Crippen LogP contribution >= 0.6 is 0 Å². The van der Waals surface area contributed by atoms with Crippen LogP contribution in [0.1, 0.15) is 32.4 Å². The number of hydrogen-bond donors (Lipinski definition) is 3. The van der Waals surface area contributed by atoms with E-state index in [9.17, 15) is 9.90 Å². The maximum Gasteiger partial charge on any atom is 0.224 e. The largest absolute Gasteiger partial charge is 0.507 e. The minimum Gasteiger partial charge on any atom is -0.507 e. The molecule has 0 saturated carbocycles. The predicted molar refractivity (Wildman–Crippen MR) is 74.1 cm³/mol. The molecule has 0 fully saturated rings. The number of rotatable bonds is 6. The van der Waals surface area contributed by atoms with E-state index in [2.05, 4.69) is 5.32 Å². The van der Waals surface area contributed by atoms with Crippen molar-refractivity contribution in [3.63, 3.8) is 0 Å². The summed E-state index contributed by atoms with van der Waals surface area (Å²) in [4.78, 5) is 11.2. The lowest BCUT2D eigenvalue weighted by atomic mass is 9.92. The third-order valence-corrected chi connectivity index (χ3v) is 3.22. The second-order valence-electron chi connectivity index (χ2n) is 5.28. The summed E-state index contributed by atoms with van der Waals surface area (Å²) in [6, 6.07) is 5.05. The number of nitrogens with one attached hydrogen (secondary N) is 1. The monoisotopic (exact) mass is 266 g/mol. The van der Waals surface area contributed by atoms with E-state index in [0.717, 1.165) is 5.56 Å². The lowest BCUT2D eigenvalue weighted by Crippen LogP contribution is -2.41. The van der Waals surface area contributed by atoms with Crippen molar-refractivity contribution in [2.24, 2.45) is 11.1 Å². The number of phenols is 1. The number of primary amides is 1. The van der Waals surface area contributed by atoms with Crippen LogP contribution in [-0.4, -0.2) is 24.7 Å². The van der Waals surface area contributed by atoms with Gasteiger partial charge in [-0.15, -0.1) is 0 Å². The maximum atomic E-state index is 11.2. The fourth-order valence-corrected chi connectivity index (χ4v) is 1.62. The lowest BCUT2D eigenvalue weighted by molar-refractivity contribution is -0.125. The molecular formula is C14H22N2O3. The molecule has 5 heteroatoms. The van der Waals surface area contributed by atoms with E-state index in [0.29, 0.717) is 12.3 Å². The summed E-state index contributed by atoms with van der Waals surface area (Å²) in [6.45, 7) is 5.92. The molecule has 1 amide bonds. The zero-order chi connectivity index (χ0) is 14.6. The molecule has 5 nitrogen and oxygen atoms in total. The predicted octanol–water partition coefficient (Wildman–Crippen LogP) is 1.56. The van der Waals surface area contributed by atoms with Gasteiger partial charge >= 0.3 is 0 Å². The van der Waals surface area contributed by atoms with Crippen molar-refractivity contribution >= 4 is 5.91 Å². The number of ether oxygens (including phenoxy) is 1. The molecule has 0 spiro atoms. The van der Waals surface area contributed by atoms with E-state index in [-0.39, 0.29) is 17.7 Å². The van der Waals surface area contributed by atoms with Crippen LogP contribution in [-0.2, 0) is 4.79 Å². The smallest absolute Gasteiger partial charge is 0.224 e. The van der Waals surface area contributed by atoms with Crippen LogP contribution in [0.15, 0.2) is 18.2 Å². The Morgan fingerprint density at radius 3 is 2.63 bits per heavy atom. The zero-order valence-electron chi connectivity index (χ0n) is 11.9. The van der Waals surface area contributed by atoms with Crippen molar-refractivity contribution in [2.45, 2.75) is 26.8 Å². The molecule has 0 aliphatic heterocycles. The zero-order valence-corrected chi connectivity index (χ0v) is 11.9. The fourth-order valence-electron chi connectivity index (χ4n) is 1.62. The minimum atomic E-state index is -0.629. The van der Waals surface area contributed by atoms with Crippen LogP contribution in [0, 0.1) is 5.41 Å². The number of carbonyl (C=O) groups is 1. The highest BCUT2D eigenvalue weighted by Gasteiger charge is 2.25. The average Bonchev–Trinajstić information content (AvgIpc) is 2.35. The van der Waals surface area contributed by atoms with Crippen molar-refractivity contribution in [3.8, 4) is 11.5 Å². The molecule has 0 aliphatic carbocycles. The highest BCUT2D eigenvalue weighted by Crippen LogP contribution is 2.28. The fraction of sp³-hybridized carbons (Fsp3) is 0.500. The third kappa shape index (κ3) is 3.86. The standard InChI is InChI=1S/C14H22N2O3/c1-9(16-8-14(2,3)13(15)18)11-6-5-10(19-4)7-12(11)17/h5-7,9,16-17H,8H2,1-4H3,(H2,15,18). The van der Waals surface area contributed by atoms with Gasteiger partial charge in [-0.25, -0.2) is 0 Å². The molecule has 0 bridgehead atoms. The molecule has 1 unspecified atom stereocenters. The highest BCUT2D eigenvalue weighted by molar-refractivity contribution is 5.80. The van der Waals surface area contributed by atoms with Gasteiger partial charge in [-0.05, 0) is 26.8 Å². The second-order valence-corrected chi connectivity index (χ2v) is 5.28. The van der Waals surface area contributed by atoms with Crippen LogP contribution in [0.2, 0.25) is 0 Å². The number of aromatic hydroxyl groups is 1. The van der Waals surface area contributed by atoms with Gasteiger partial charge in [0.25, 0.3) is 0 Å². The normalized spacial score (nSPS) is 13.1. The maximum absolute atomic E-state index is 11.2. The van der Waals surface area contributed by atoms with Gasteiger partial charge in [0.15, 0.2) is 0 Å². The van der Waals surface area contributed by atoms with Crippen molar-refractivity contribution < 1.29 is 14.6 Å². The van der Waals surface area contributed by atoms with Crippen LogP contribution in [0.3, 0.4) is 0 Å². The Morgan fingerprint density at radius 2 is 2.16 bits per heavy atom. The van der Waals surface area contributed by atoms with Gasteiger partial charge in [0.05, 0.1) is 12.5 Å². The summed E-state index contributed by atoms with van der Waals surface area (Å²) in [7, 11) is 1.55. The molecule has 0 aliphatic rings. The van der Waals surface area contributed by atoms with E-state index >= 15 is 0 Å². The van der Waals surface area contributed by atoms with Gasteiger partial charge < -0.3 is 20.9 Å². The van der Waals surface area contributed by atoms with Crippen LogP contribution in [0.25, 0.3) is 0 Å². The van der Waals surface area contributed by atoms with Crippen molar-refractivity contribution in [1.82, 2.24) is 5.32 Å². The molecule has 1 rings (SSSR count). The van der Waals surface area contributed by atoms with Gasteiger partial charge in [-0.2, -0.15) is 0 Å². The summed E-state index contributed by atoms with van der Waals surface area (Å²) in [5.74, 6) is 0.410. The van der Waals surface area contributed by atoms with E-state index < -0.39 is 5.41 Å². The molecule has 1 aromatic rings. The number of methoxy groups -OCH3 is 1. The highest BCUT2D eigenvalue weighted by atomic mass is 16.5. The first kappa shape index (κ1) is 15.3. The Kier molecular flexibility index (Phi) is 4.78. The van der Waals surface area contributed by atoms with Crippen molar-refractivity contribution in [1.29, 1.82) is 0 Å². The molecular weight excluding hydrogens is 244 g/mol.